The molecule has 15 heavy (non-hydrogen) atoms. The van der Waals surface area contributed by atoms with E-state index in [1.54, 1.807) is 0 Å². The zero-order valence-corrected chi connectivity index (χ0v) is 8.49. The first kappa shape index (κ1) is 11.4. The lowest BCUT2D eigenvalue weighted by Gasteiger charge is -2.07. The first-order chi connectivity index (χ1) is 7.06. The first-order valence-electron chi connectivity index (χ1n) is 4.44. The maximum atomic E-state index is 12.6. The zero-order valence-electron chi connectivity index (χ0n) is 8.49. The van der Waals surface area contributed by atoms with Crippen LogP contribution in [0.2, 0.25) is 0 Å². The number of hydrogen-bond acceptors (Lipinski definition) is 3. The quantitative estimate of drug-likeness (QED) is 0.434. The maximum absolute atomic E-state index is 12.6. The molecule has 0 aliphatic heterocycles. The molecule has 80 valence electrons. The second kappa shape index (κ2) is 4.68. The summed E-state index contributed by atoms with van der Waals surface area (Å²) in [6, 6.07) is 5.04. The van der Waals surface area contributed by atoms with E-state index in [-0.39, 0.29) is 5.78 Å². The summed E-state index contributed by atoms with van der Waals surface area (Å²) in [5, 5.41) is 0. The van der Waals surface area contributed by atoms with Gasteiger partial charge in [-0.15, -0.1) is 0 Å². The van der Waals surface area contributed by atoms with Gasteiger partial charge in [0.1, 0.15) is 11.7 Å². The van der Waals surface area contributed by atoms with Crippen LogP contribution in [0.15, 0.2) is 24.3 Å². The van der Waals surface area contributed by atoms with Gasteiger partial charge >= 0.3 is 5.97 Å². The molecule has 0 aliphatic rings. The molecule has 0 amide bonds. The van der Waals surface area contributed by atoms with Gasteiger partial charge in [0.05, 0.1) is 7.11 Å². The molecule has 0 aliphatic carbocycles. The van der Waals surface area contributed by atoms with Crippen molar-refractivity contribution in [1.82, 2.24) is 0 Å². The number of methoxy groups -OCH3 is 1. The Labute approximate surface area is 86.9 Å². The second-order valence-corrected chi connectivity index (χ2v) is 3.12. The predicted molar refractivity (Wildman–Crippen MR) is 51.9 cm³/mol. The highest BCUT2D eigenvalue weighted by Crippen LogP contribution is 2.11. The summed E-state index contributed by atoms with van der Waals surface area (Å²) < 4.78 is 17.0. The van der Waals surface area contributed by atoms with Crippen LogP contribution in [-0.2, 0) is 9.53 Å². The summed E-state index contributed by atoms with van der Waals surface area (Å²) in [5.74, 6) is -2.25. The number of carbonyl (C=O) groups is 2. The highest BCUT2D eigenvalue weighted by molar-refractivity contribution is 6.08. The van der Waals surface area contributed by atoms with Crippen LogP contribution in [0.3, 0.4) is 0 Å². The van der Waals surface area contributed by atoms with E-state index in [4.69, 9.17) is 0 Å². The van der Waals surface area contributed by atoms with Gasteiger partial charge in [-0.3, -0.25) is 9.59 Å². The number of halogens is 1. The van der Waals surface area contributed by atoms with Gasteiger partial charge in [-0.05, 0) is 31.2 Å². The highest BCUT2D eigenvalue weighted by atomic mass is 19.1. The Bertz CT molecular complexity index is 370. The van der Waals surface area contributed by atoms with E-state index in [1.165, 1.54) is 38.3 Å². The van der Waals surface area contributed by atoms with Gasteiger partial charge in [-0.1, -0.05) is 0 Å². The van der Waals surface area contributed by atoms with Crippen LogP contribution >= 0.6 is 0 Å². The van der Waals surface area contributed by atoms with Crippen molar-refractivity contribution in [2.24, 2.45) is 5.92 Å². The summed E-state index contributed by atoms with van der Waals surface area (Å²) in [6.45, 7) is 1.46. The van der Waals surface area contributed by atoms with Crippen molar-refractivity contribution < 1.29 is 18.7 Å². The number of ether oxygens (including phenoxy) is 1. The van der Waals surface area contributed by atoms with Gasteiger partial charge in [0.2, 0.25) is 0 Å². The number of carbonyl (C=O) groups excluding carboxylic acids is 2. The van der Waals surface area contributed by atoms with Gasteiger partial charge in [-0.2, -0.15) is 0 Å². The fraction of sp³-hybridized carbons (Fsp3) is 0.273. The number of ketones is 1. The lowest BCUT2D eigenvalue weighted by molar-refractivity contribution is -0.143. The highest BCUT2D eigenvalue weighted by Gasteiger charge is 2.23. The summed E-state index contributed by atoms with van der Waals surface area (Å²) >= 11 is 0. The smallest absolute Gasteiger partial charge is 0.316 e. The van der Waals surface area contributed by atoms with E-state index in [0.29, 0.717) is 5.56 Å². The van der Waals surface area contributed by atoms with E-state index in [0.717, 1.165) is 0 Å². The molecule has 4 heteroatoms. The number of hydrogen-bond donors (Lipinski definition) is 0. The zero-order chi connectivity index (χ0) is 11.4. The summed E-state index contributed by atoms with van der Waals surface area (Å²) in [5.41, 5.74) is 0.300. The summed E-state index contributed by atoms with van der Waals surface area (Å²) in [7, 11) is 1.22. The monoisotopic (exact) mass is 210 g/mol. The van der Waals surface area contributed by atoms with Crippen molar-refractivity contribution in [1.29, 1.82) is 0 Å². The Morgan fingerprint density at radius 2 is 1.80 bits per heavy atom. The maximum Gasteiger partial charge on any atom is 0.316 e. The van der Waals surface area contributed by atoms with Gasteiger partial charge in [0.15, 0.2) is 5.78 Å². The topological polar surface area (TPSA) is 43.4 Å². The molecule has 0 aromatic heterocycles. The fourth-order valence-electron chi connectivity index (χ4n) is 1.15. The second-order valence-electron chi connectivity index (χ2n) is 3.12. The number of esters is 1. The van der Waals surface area contributed by atoms with Gasteiger partial charge < -0.3 is 4.74 Å². The molecule has 0 saturated heterocycles. The third-order valence-electron chi connectivity index (χ3n) is 2.08. The van der Waals surface area contributed by atoms with Crippen molar-refractivity contribution in [2.75, 3.05) is 7.11 Å². The van der Waals surface area contributed by atoms with Crippen LogP contribution in [0.1, 0.15) is 17.3 Å². The Hall–Kier alpha value is -1.71. The Morgan fingerprint density at radius 1 is 1.27 bits per heavy atom. The van der Waals surface area contributed by atoms with Crippen molar-refractivity contribution in [3.05, 3.63) is 35.6 Å². The number of benzene rings is 1. The van der Waals surface area contributed by atoms with E-state index < -0.39 is 17.7 Å². The fourth-order valence-corrected chi connectivity index (χ4v) is 1.15. The van der Waals surface area contributed by atoms with Crippen LogP contribution in [0.5, 0.6) is 0 Å². The third-order valence-corrected chi connectivity index (χ3v) is 2.08. The molecule has 0 fully saturated rings. The lowest BCUT2D eigenvalue weighted by Crippen LogP contribution is -2.22. The van der Waals surface area contributed by atoms with Crippen molar-refractivity contribution in [2.45, 2.75) is 6.92 Å². The van der Waals surface area contributed by atoms with Crippen molar-refractivity contribution in [3.8, 4) is 0 Å². The standard InChI is InChI=1S/C11H11FO3/c1-7(11(14)15-2)10(13)8-3-5-9(12)6-4-8/h3-7H,1-2H3. The molecule has 1 aromatic rings. The largest absolute Gasteiger partial charge is 0.468 e. The first-order valence-corrected chi connectivity index (χ1v) is 4.44. The lowest BCUT2D eigenvalue weighted by atomic mass is 10.00. The van der Waals surface area contributed by atoms with Gasteiger partial charge in [0.25, 0.3) is 0 Å². The molecule has 0 saturated carbocycles. The Balaban J connectivity index is 2.85. The van der Waals surface area contributed by atoms with E-state index in [2.05, 4.69) is 4.74 Å². The minimum atomic E-state index is -0.861. The Morgan fingerprint density at radius 3 is 2.27 bits per heavy atom. The molecule has 1 atom stereocenters. The van der Waals surface area contributed by atoms with Crippen LogP contribution < -0.4 is 0 Å². The molecular weight excluding hydrogens is 199 g/mol. The van der Waals surface area contributed by atoms with Crippen LogP contribution in [0.25, 0.3) is 0 Å². The molecule has 0 spiro atoms. The molecule has 0 heterocycles. The number of Topliss-reactive ketones (excluding diaryl/α,β-unsaturated/α-hetero) is 1. The van der Waals surface area contributed by atoms with Crippen molar-refractivity contribution in [3.63, 3.8) is 0 Å². The van der Waals surface area contributed by atoms with Gasteiger partial charge in [-0.25, -0.2) is 4.39 Å². The van der Waals surface area contributed by atoms with Crippen LogP contribution in [0, 0.1) is 11.7 Å². The van der Waals surface area contributed by atoms with Crippen LogP contribution in [-0.4, -0.2) is 18.9 Å². The minimum Gasteiger partial charge on any atom is -0.468 e. The van der Waals surface area contributed by atoms with Crippen LogP contribution in [0.4, 0.5) is 4.39 Å². The average Bonchev–Trinajstić information content (AvgIpc) is 2.27. The molecule has 1 aromatic carbocycles. The molecule has 0 radical (unpaired) electrons. The molecule has 1 unspecified atom stereocenters. The van der Waals surface area contributed by atoms with Gasteiger partial charge in [0, 0.05) is 5.56 Å². The average molecular weight is 210 g/mol. The molecule has 3 nitrogen and oxygen atoms in total. The summed E-state index contributed by atoms with van der Waals surface area (Å²) in [4.78, 5) is 22.7. The van der Waals surface area contributed by atoms with E-state index in [1.807, 2.05) is 0 Å². The number of rotatable bonds is 3. The Kier molecular flexibility index (Phi) is 3.55. The van der Waals surface area contributed by atoms with E-state index in [9.17, 15) is 14.0 Å². The minimum absolute atomic E-state index is 0.300. The predicted octanol–water partition coefficient (Wildman–Crippen LogP) is 1.82. The third kappa shape index (κ3) is 2.62. The molecule has 0 bridgehead atoms. The summed E-state index contributed by atoms with van der Waals surface area (Å²) in [6.07, 6.45) is 0. The molecular formula is C11H11FO3. The molecule has 0 N–H and O–H groups in total. The SMILES string of the molecule is COC(=O)C(C)C(=O)c1ccc(F)cc1. The van der Waals surface area contributed by atoms with Crippen molar-refractivity contribution >= 4 is 11.8 Å². The van der Waals surface area contributed by atoms with E-state index >= 15 is 0 Å². The molecule has 1 rings (SSSR count). The normalized spacial score (nSPS) is 11.9.